The molecule has 0 aromatic heterocycles. The fourth-order valence-corrected chi connectivity index (χ4v) is 1.26. The van der Waals surface area contributed by atoms with Gasteiger partial charge in [-0.1, -0.05) is 18.2 Å². The van der Waals surface area contributed by atoms with E-state index in [0.717, 1.165) is 12.1 Å². The van der Waals surface area contributed by atoms with Gasteiger partial charge in [-0.3, -0.25) is 15.5 Å². The van der Waals surface area contributed by atoms with E-state index < -0.39 is 16.4 Å². The van der Waals surface area contributed by atoms with Gasteiger partial charge in [0.2, 0.25) is 0 Å². The summed E-state index contributed by atoms with van der Waals surface area (Å²) in [6.07, 6.45) is 2.96. The molecule has 0 saturated carbocycles. The Balaban J connectivity index is 2.67. The van der Waals surface area contributed by atoms with Crippen LogP contribution in [0.15, 0.2) is 36.0 Å². The van der Waals surface area contributed by atoms with E-state index in [1.807, 2.05) is 0 Å². The van der Waals surface area contributed by atoms with Gasteiger partial charge in [-0.25, -0.2) is 0 Å². The van der Waals surface area contributed by atoms with Crippen LogP contribution in [0.3, 0.4) is 0 Å². The number of hydrogen-bond acceptors (Lipinski definition) is 5. The number of rotatable bonds is 5. The van der Waals surface area contributed by atoms with Crippen molar-refractivity contribution in [1.82, 2.24) is 10.7 Å². The Bertz CT molecular complexity index is 531. The van der Waals surface area contributed by atoms with Crippen molar-refractivity contribution in [3.05, 3.63) is 46.5 Å². The first-order valence-corrected chi connectivity index (χ1v) is 5.58. The highest BCUT2D eigenvalue weighted by atomic mass is 32.1. The van der Waals surface area contributed by atoms with Crippen LogP contribution >= 0.6 is 12.2 Å². The van der Waals surface area contributed by atoms with E-state index in [4.69, 9.17) is 12.2 Å². The van der Waals surface area contributed by atoms with E-state index >= 15 is 0 Å². The van der Waals surface area contributed by atoms with E-state index in [0.29, 0.717) is 17.2 Å². The highest BCUT2D eigenvalue weighted by molar-refractivity contribution is 7.80. The molecular formula is C11H11N4O3S-. The van der Waals surface area contributed by atoms with Crippen LogP contribution in [-0.2, 0) is 0 Å². The average Bonchev–Trinajstić information content (AvgIpc) is 2.38. The third-order valence-corrected chi connectivity index (χ3v) is 2.20. The minimum absolute atomic E-state index is 0.297. The fraction of sp³-hybridized carbons (Fsp3) is 0.0909. The van der Waals surface area contributed by atoms with Crippen LogP contribution < -0.4 is 15.8 Å². The summed E-state index contributed by atoms with van der Waals surface area (Å²) in [6.45, 7) is 4.01. The van der Waals surface area contributed by atoms with E-state index in [-0.39, 0.29) is 0 Å². The summed E-state index contributed by atoms with van der Waals surface area (Å²) in [5.74, 6) is -0.640. The smallest absolute Gasteiger partial charge is 0.262 e. The number of benzene rings is 1. The van der Waals surface area contributed by atoms with E-state index in [1.54, 1.807) is 6.08 Å². The molecule has 0 fully saturated rings. The largest absolute Gasteiger partial charge is 0.868 e. The summed E-state index contributed by atoms with van der Waals surface area (Å²) in [7, 11) is 0. The zero-order chi connectivity index (χ0) is 14.3. The molecule has 0 atom stereocenters. The van der Waals surface area contributed by atoms with Crippen molar-refractivity contribution in [1.29, 1.82) is 0 Å². The molecule has 0 amide bonds. The number of nitrogens with one attached hydrogen (secondary N) is 2. The first-order chi connectivity index (χ1) is 9.04. The predicted molar refractivity (Wildman–Crippen MR) is 74.1 cm³/mol. The van der Waals surface area contributed by atoms with Crippen LogP contribution in [0.5, 0.6) is 5.75 Å². The topological polar surface area (TPSA) is 103 Å². The highest BCUT2D eigenvalue weighted by Gasteiger charge is 2.06. The molecule has 0 heterocycles. The minimum Gasteiger partial charge on any atom is -0.868 e. The molecule has 1 rings (SSSR count). The molecule has 0 aliphatic carbocycles. The molecule has 1 aromatic carbocycles. The number of thiocarbonyl (C=S) groups is 1. The number of hydrazone groups is 1. The van der Waals surface area contributed by atoms with E-state index in [9.17, 15) is 15.2 Å². The standard InChI is InChI=1S/C11H12N4O3S/c1-2-5-12-11(19)14-13-7-8-3-4-10(16)9(6-8)15(17)18/h2-4,6-7,16H,1,5H2,(H2,12,14,19)/p-1/b13-7+. The Kier molecular flexibility index (Phi) is 5.42. The van der Waals surface area contributed by atoms with Gasteiger partial charge in [0.1, 0.15) is 0 Å². The molecule has 19 heavy (non-hydrogen) atoms. The van der Waals surface area contributed by atoms with Crippen molar-refractivity contribution in [2.45, 2.75) is 0 Å². The molecule has 7 nitrogen and oxygen atoms in total. The monoisotopic (exact) mass is 279 g/mol. The second-order valence-corrected chi connectivity index (χ2v) is 3.76. The summed E-state index contributed by atoms with van der Waals surface area (Å²) in [6, 6.07) is 3.70. The van der Waals surface area contributed by atoms with Crippen molar-refractivity contribution in [2.24, 2.45) is 5.10 Å². The summed E-state index contributed by atoms with van der Waals surface area (Å²) < 4.78 is 0. The third-order valence-electron chi connectivity index (χ3n) is 1.97. The molecule has 100 valence electrons. The van der Waals surface area contributed by atoms with Gasteiger partial charge < -0.3 is 10.4 Å². The molecule has 0 saturated heterocycles. The lowest BCUT2D eigenvalue weighted by Crippen LogP contribution is -2.31. The summed E-state index contributed by atoms with van der Waals surface area (Å²) in [4.78, 5) is 9.85. The Morgan fingerprint density at radius 3 is 2.95 bits per heavy atom. The van der Waals surface area contributed by atoms with Crippen LogP contribution in [-0.4, -0.2) is 22.8 Å². The SMILES string of the molecule is C=CCNC(=S)N/N=C/c1ccc([O-])c([N+](=O)[O-])c1. The molecule has 0 aliphatic heterocycles. The van der Waals surface area contributed by atoms with Crippen molar-refractivity contribution in [2.75, 3.05) is 6.54 Å². The molecule has 2 N–H and O–H groups in total. The van der Waals surface area contributed by atoms with Gasteiger partial charge in [-0.2, -0.15) is 5.10 Å². The lowest BCUT2D eigenvalue weighted by Gasteiger charge is -2.06. The van der Waals surface area contributed by atoms with Gasteiger partial charge >= 0.3 is 0 Å². The van der Waals surface area contributed by atoms with Crippen molar-refractivity contribution >= 4 is 29.2 Å². The Labute approximate surface area is 114 Å². The normalized spacial score (nSPS) is 10.1. The Morgan fingerprint density at radius 2 is 2.32 bits per heavy atom. The van der Waals surface area contributed by atoms with Crippen LogP contribution in [0.25, 0.3) is 0 Å². The second kappa shape index (κ2) is 7.07. The Hall–Kier alpha value is -2.48. The molecule has 1 aromatic rings. The molecular weight excluding hydrogens is 268 g/mol. The first kappa shape index (κ1) is 14.6. The fourth-order valence-electron chi connectivity index (χ4n) is 1.13. The van der Waals surface area contributed by atoms with Crippen LogP contribution in [0, 0.1) is 10.1 Å². The Morgan fingerprint density at radius 1 is 1.58 bits per heavy atom. The molecule has 0 unspecified atom stereocenters. The van der Waals surface area contributed by atoms with Crippen LogP contribution in [0.1, 0.15) is 5.56 Å². The predicted octanol–water partition coefficient (Wildman–Crippen LogP) is 0.652. The molecule has 0 bridgehead atoms. The quantitative estimate of drug-likeness (QED) is 0.270. The molecule has 8 heteroatoms. The van der Waals surface area contributed by atoms with Crippen molar-refractivity contribution in [3.8, 4) is 5.75 Å². The second-order valence-electron chi connectivity index (χ2n) is 3.35. The zero-order valence-electron chi connectivity index (χ0n) is 9.83. The highest BCUT2D eigenvalue weighted by Crippen LogP contribution is 2.22. The molecule has 0 radical (unpaired) electrons. The van der Waals surface area contributed by atoms with Gasteiger partial charge in [-0.05, 0) is 18.0 Å². The molecule has 0 aliphatic rings. The number of hydrogen-bond donors (Lipinski definition) is 2. The zero-order valence-corrected chi connectivity index (χ0v) is 10.6. The summed E-state index contributed by atoms with van der Waals surface area (Å²) >= 11 is 4.88. The third kappa shape index (κ3) is 4.72. The first-order valence-electron chi connectivity index (χ1n) is 5.18. The van der Waals surface area contributed by atoms with Gasteiger partial charge in [-0.15, -0.1) is 6.58 Å². The van der Waals surface area contributed by atoms with Gasteiger partial charge in [0.25, 0.3) is 5.69 Å². The van der Waals surface area contributed by atoms with Crippen LogP contribution in [0.2, 0.25) is 0 Å². The van der Waals surface area contributed by atoms with E-state index in [2.05, 4.69) is 22.4 Å². The maximum atomic E-state index is 11.2. The average molecular weight is 279 g/mol. The summed E-state index contributed by atoms with van der Waals surface area (Å²) in [5.41, 5.74) is 2.46. The summed E-state index contributed by atoms with van der Waals surface area (Å²) in [5, 5.41) is 28.6. The van der Waals surface area contributed by atoms with Crippen molar-refractivity contribution in [3.63, 3.8) is 0 Å². The van der Waals surface area contributed by atoms with Gasteiger partial charge in [0.15, 0.2) is 5.11 Å². The maximum Gasteiger partial charge on any atom is 0.262 e. The van der Waals surface area contributed by atoms with Gasteiger partial charge in [0.05, 0.1) is 11.1 Å². The van der Waals surface area contributed by atoms with Crippen molar-refractivity contribution < 1.29 is 10.0 Å². The van der Waals surface area contributed by atoms with E-state index in [1.165, 1.54) is 12.3 Å². The lowest BCUT2D eigenvalue weighted by atomic mass is 10.2. The number of nitro groups is 1. The number of nitrogens with zero attached hydrogens (tertiary/aromatic N) is 2. The molecule has 0 spiro atoms. The lowest BCUT2D eigenvalue weighted by molar-refractivity contribution is -0.398. The van der Waals surface area contributed by atoms with Gasteiger partial charge in [0, 0.05) is 18.2 Å². The van der Waals surface area contributed by atoms with Crippen LogP contribution in [0.4, 0.5) is 5.69 Å². The number of nitro benzene ring substituents is 1. The maximum absolute atomic E-state index is 11.2. The minimum atomic E-state index is -0.733.